The maximum atomic E-state index is 4.25. The van der Waals surface area contributed by atoms with Crippen molar-refractivity contribution in [1.82, 2.24) is 0 Å². The zero-order chi connectivity index (χ0) is 6.00. The van der Waals surface area contributed by atoms with Crippen molar-refractivity contribution < 1.29 is 164 Å². The van der Waals surface area contributed by atoms with Crippen LogP contribution >= 0.6 is 0 Å². The number of hydrogen-bond donors (Lipinski definition) is 0. The molecule has 5 radical (unpaired) electrons. The predicted molar refractivity (Wildman–Crippen MR) is 42.6 cm³/mol. The molecule has 0 saturated heterocycles. The Morgan fingerprint density at radius 2 is 0.385 bits per heavy atom. The van der Waals surface area contributed by atoms with Gasteiger partial charge in [0, 0.05) is 164 Å². The largest absolute Gasteiger partial charge is 0.521 e. The first kappa shape index (κ1) is 83.0. The van der Waals surface area contributed by atoms with Crippen molar-refractivity contribution in [2.75, 3.05) is 0 Å². The number of rotatable bonds is 0. The summed E-state index contributed by atoms with van der Waals surface area (Å²) < 4.78 is 0. The van der Waals surface area contributed by atoms with Crippen LogP contribution in [0.5, 0.6) is 0 Å². The normalized spacial score (nSPS) is 0.923. The fraction of sp³-hybridized carbons (Fsp3) is 0. The van der Waals surface area contributed by atoms with Gasteiger partial charge < -0.3 is 34.6 Å². The van der Waals surface area contributed by atoms with E-state index >= 15 is 0 Å². The monoisotopic (exact) mass is 556 g/mol. The molecule has 0 amide bonds. The molecule has 0 heterocycles. The third kappa shape index (κ3) is 162. The van der Waals surface area contributed by atoms with Crippen LogP contribution in [0.1, 0.15) is 0 Å². The molecule has 0 aliphatic carbocycles. The Morgan fingerprint density at radius 3 is 0.385 bits per heavy atom. The van der Waals surface area contributed by atoms with Gasteiger partial charge in [0.15, 0.2) is 0 Å². The van der Waals surface area contributed by atoms with E-state index < -0.39 is 0 Å². The maximum Gasteiger partial charge on any atom is 0 e. The van der Waals surface area contributed by atoms with Gasteiger partial charge in [0.2, 0.25) is 0 Å². The van der Waals surface area contributed by atoms with Gasteiger partial charge in [0.25, 0.3) is 0 Å². The SMILES string of the molecule is [CH-]=C.[CH-]=C.[CH-]=C.[CH3-].[CH3-].[Y].[Y].[Y].[Y].[Y]. The Labute approximate surface area is 212 Å². The molecule has 0 nitrogen and oxygen atoms in total. The predicted octanol–water partition coefficient (Wildman–Crippen LogP) is 2.70. The third-order valence-corrected chi connectivity index (χ3v) is 0. The second kappa shape index (κ2) is 185. The van der Waals surface area contributed by atoms with Crippen molar-refractivity contribution in [3.05, 3.63) is 54.3 Å². The minimum absolute atomic E-state index is 0. The first-order valence-corrected chi connectivity index (χ1v) is 1.22. The Kier molecular flexibility index (Phi) is 1180. The zero-order valence-electron chi connectivity index (χ0n) is 8.74. The van der Waals surface area contributed by atoms with Crippen molar-refractivity contribution in [2.24, 2.45) is 0 Å². The van der Waals surface area contributed by atoms with Gasteiger partial charge in [-0.3, -0.25) is 19.7 Å². The van der Waals surface area contributed by atoms with Crippen LogP contribution in [0.2, 0.25) is 0 Å². The van der Waals surface area contributed by atoms with Crippen LogP contribution in [0.25, 0.3) is 0 Å². The van der Waals surface area contributed by atoms with E-state index in [9.17, 15) is 0 Å². The molecule has 0 bridgehead atoms. The smallest absolute Gasteiger partial charge is 0 e. The van der Waals surface area contributed by atoms with Crippen LogP contribution in [0.4, 0.5) is 0 Å². The summed E-state index contributed by atoms with van der Waals surface area (Å²) in [6.45, 7) is 21.0. The minimum Gasteiger partial charge on any atom is -0.521 e. The second-order valence-corrected chi connectivity index (χ2v) is 0. The Hall–Kier alpha value is 4.74. The van der Waals surface area contributed by atoms with Crippen molar-refractivity contribution >= 4 is 0 Å². The van der Waals surface area contributed by atoms with E-state index in [0.29, 0.717) is 0 Å². The van der Waals surface area contributed by atoms with Gasteiger partial charge >= 0.3 is 0 Å². The van der Waals surface area contributed by atoms with Gasteiger partial charge in [-0.2, -0.15) is 0 Å². The average molecular weight is 556 g/mol. The van der Waals surface area contributed by atoms with E-state index in [1.165, 1.54) is 0 Å². The van der Waals surface area contributed by atoms with Gasteiger partial charge in [-0.25, -0.2) is 0 Å². The second-order valence-electron chi connectivity index (χ2n) is 0. The van der Waals surface area contributed by atoms with E-state index in [-0.39, 0.29) is 178 Å². The molecule has 67 valence electrons. The van der Waals surface area contributed by atoms with Gasteiger partial charge in [0.05, 0.1) is 0 Å². The van der Waals surface area contributed by atoms with Crippen LogP contribution < -0.4 is 0 Å². The molecule has 0 N–H and O–H groups in total. The molecule has 0 aromatic carbocycles. The Balaban J connectivity index is -0.00000000102. The van der Waals surface area contributed by atoms with Gasteiger partial charge in [-0.05, 0) is 0 Å². The van der Waals surface area contributed by atoms with E-state index in [1.54, 1.807) is 0 Å². The van der Waals surface area contributed by atoms with Crippen molar-refractivity contribution in [1.29, 1.82) is 0 Å². The van der Waals surface area contributed by atoms with E-state index in [1.807, 2.05) is 0 Å². The Bertz CT molecular complexity index is 17.3. The standard InChI is InChI=1S/3C2H3.2CH3.5Y/c3*1-2;;;;;;;/h3*1H,2H2;2*1H3;;;;;/q5*-1;;;;;. The van der Waals surface area contributed by atoms with E-state index in [4.69, 9.17) is 0 Å². The summed E-state index contributed by atoms with van der Waals surface area (Å²) in [4.78, 5) is 0. The zero-order valence-corrected chi connectivity index (χ0v) is 22.9. The molecule has 13 heavy (non-hydrogen) atoms. The minimum atomic E-state index is 0. The molecule has 0 atom stereocenters. The molecule has 0 aromatic rings. The summed E-state index contributed by atoms with van der Waals surface area (Å²) in [6.07, 6.45) is 0. The summed E-state index contributed by atoms with van der Waals surface area (Å²) >= 11 is 0. The summed E-state index contributed by atoms with van der Waals surface area (Å²) in [7, 11) is 0. The summed E-state index contributed by atoms with van der Waals surface area (Å²) in [5, 5.41) is 0. The number of hydrogen-bond acceptors (Lipinski definition) is 0. The van der Waals surface area contributed by atoms with Crippen LogP contribution in [-0.2, 0) is 164 Å². The quantitative estimate of drug-likeness (QED) is 0.404. The van der Waals surface area contributed by atoms with Gasteiger partial charge in [0.1, 0.15) is 0 Å². The van der Waals surface area contributed by atoms with E-state index in [0.717, 1.165) is 0 Å². The molecule has 0 rings (SSSR count). The molecule has 0 unspecified atom stereocenters. The van der Waals surface area contributed by atoms with Crippen LogP contribution in [0.3, 0.4) is 0 Å². The molecule has 0 aliphatic rings. The van der Waals surface area contributed by atoms with Crippen LogP contribution in [0, 0.1) is 34.6 Å². The fourth-order valence-electron chi connectivity index (χ4n) is 0. The van der Waals surface area contributed by atoms with Gasteiger partial charge in [-0.15, -0.1) is 0 Å². The Morgan fingerprint density at radius 1 is 0.385 bits per heavy atom. The van der Waals surface area contributed by atoms with Crippen LogP contribution in [0.15, 0.2) is 19.7 Å². The average Bonchev–Trinajstić information content (AvgIpc) is 1.81. The fourth-order valence-corrected chi connectivity index (χ4v) is 0. The molecule has 0 aromatic heterocycles. The molecule has 5 heteroatoms. The third-order valence-electron chi connectivity index (χ3n) is 0. The summed E-state index contributed by atoms with van der Waals surface area (Å²) in [6, 6.07) is 0. The summed E-state index contributed by atoms with van der Waals surface area (Å²) in [5.41, 5.74) is 0. The molecular weight excluding hydrogens is 541 g/mol. The van der Waals surface area contributed by atoms with Crippen molar-refractivity contribution in [3.8, 4) is 0 Å². The molecule has 0 fully saturated rings. The topological polar surface area (TPSA) is 0 Å². The van der Waals surface area contributed by atoms with Gasteiger partial charge in [-0.1, -0.05) is 0 Å². The first-order chi connectivity index (χ1) is 3.00. The van der Waals surface area contributed by atoms with E-state index in [2.05, 4.69) is 39.5 Å². The first-order valence-electron chi connectivity index (χ1n) is 1.22. The molecule has 0 saturated carbocycles. The van der Waals surface area contributed by atoms with Crippen LogP contribution in [-0.4, -0.2) is 0 Å². The molecule has 0 spiro atoms. The van der Waals surface area contributed by atoms with Crippen molar-refractivity contribution in [2.45, 2.75) is 0 Å². The molecule has 0 aliphatic heterocycles. The molecular formula is C8H15Y5-5. The summed E-state index contributed by atoms with van der Waals surface area (Å²) in [5.74, 6) is 0. The van der Waals surface area contributed by atoms with Crippen molar-refractivity contribution in [3.63, 3.8) is 0 Å². The maximum absolute atomic E-state index is 4.25.